The van der Waals surface area contributed by atoms with Gasteiger partial charge in [0.05, 0.1) is 13.0 Å². The second-order valence-corrected chi connectivity index (χ2v) is 3.07. The number of aromatic nitrogens is 1. The maximum Gasteiger partial charge on any atom is 0.392 e. The Morgan fingerprint density at radius 3 is 2.53 bits per heavy atom. The number of nitrogens with zero attached hydrogens (tertiary/aromatic N) is 1. The average Bonchev–Trinajstić information content (AvgIpc) is 2.17. The molecule has 0 spiro atoms. The highest BCUT2D eigenvalue weighted by molar-refractivity contribution is 5.17. The first-order valence-corrected chi connectivity index (χ1v) is 4.66. The lowest BCUT2D eigenvalue weighted by Crippen LogP contribution is -2.13. The number of aryl methyl sites for hydroxylation is 1. The molecule has 2 nitrogen and oxygen atoms in total. The molecule has 1 rings (SSSR count). The van der Waals surface area contributed by atoms with E-state index in [1.54, 1.807) is 18.3 Å². The van der Waals surface area contributed by atoms with Crippen molar-refractivity contribution in [3.05, 3.63) is 23.9 Å². The van der Waals surface area contributed by atoms with E-state index >= 15 is 0 Å². The van der Waals surface area contributed by atoms with E-state index in [2.05, 4.69) is 4.98 Å². The molecule has 15 heavy (non-hydrogen) atoms. The molecular weight excluding hydrogens is 207 g/mol. The second-order valence-electron chi connectivity index (χ2n) is 3.07. The van der Waals surface area contributed by atoms with Crippen LogP contribution in [0, 0.1) is 0 Å². The van der Waals surface area contributed by atoms with Crippen molar-refractivity contribution in [1.82, 2.24) is 4.98 Å². The van der Waals surface area contributed by atoms with Crippen LogP contribution in [0.25, 0.3) is 0 Å². The van der Waals surface area contributed by atoms with E-state index in [0.29, 0.717) is 0 Å². The van der Waals surface area contributed by atoms with Crippen LogP contribution < -0.4 is 4.74 Å². The fourth-order valence-electron chi connectivity index (χ4n) is 0.977. The van der Waals surface area contributed by atoms with Gasteiger partial charge in [-0.1, -0.05) is 13.0 Å². The van der Waals surface area contributed by atoms with Crippen LogP contribution in [0.1, 0.15) is 18.9 Å². The number of pyridine rings is 1. The summed E-state index contributed by atoms with van der Waals surface area (Å²) in [5.74, 6) is 0.233. The number of halogens is 3. The Kier molecular flexibility index (Phi) is 3.94. The number of hydrogen-bond donors (Lipinski definition) is 0. The third-order valence-electron chi connectivity index (χ3n) is 1.84. The average molecular weight is 219 g/mol. The Balaban J connectivity index is 2.38. The minimum Gasteiger partial charge on any atom is -0.477 e. The topological polar surface area (TPSA) is 22.1 Å². The Morgan fingerprint density at radius 2 is 2.07 bits per heavy atom. The summed E-state index contributed by atoms with van der Waals surface area (Å²) in [5.41, 5.74) is 1.03. The molecule has 0 saturated carbocycles. The zero-order chi connectivity index (χ0) is 11.3. The van der Waals surface area contributed by atoms with Crippen LogP contribution in [0.4, 0.5) is 13.2 Å². The van der Waals surface area contributed by atoms with Gasteiger partial charge in [-0.15, -0.1) is 0 Å². The van der Waals surface area contributed by atoms with E-state index in [4.69, 9.17) is 4.74 Å². The predicted octanol–water partition coefficient (Wildman–Crippen LogP) is 2.98. The summed E-state index contributed by atoms with van der Waals surface area (Å²) < 4.78 is 40.2. The van der Waals surface area contributed by atoms with E-state index in [-0.39, 0.29) is 12.5 Å². The van der Waals surface area contributed by atoms with Crippen LogP contribution in [0.2, 0.25) is 0 Å². The Morgan fingerprint density at radius 1 is 1.33 bits per heavy atom. The van der Waals surface area contributed by atoms with Gasteiger partial charge in [-0.05, 0) is 12.0 Å². The summed E-state index contributed by atoms with van der Waals surface area (Å²) in [6, 6.07) is 3.37. The van der Waals surface area contributed by atoms with Gasteiger partial charge in [-0.2, -0.15) is 13.2 Å². The van der Waals surface area contributed by atoms with Crippen molar-refractivity contribution in [3.8, 4) is 5.88 Å². The van der Waals surface area contributed by atoms with Crippen LogP contribution in [-0.4, -0.2) is 17.8 Å². The van der Waals surface area contributed by atoms with Crippen LogP contribution in [0.3, 0.4) is 0 Å². The number of hydrogen-bond acceptors (Lipinski definition) is 2. The maximum atomic E-state index is 11.8. The molecule has 0 saturated heterocycles. The monoisotopic (exact) mass is 219 g/mol. The lowest BCUT2D eigenvalue weighted by molar-refractivity contribution is -0.139. The van der Waals surface area contributed by atoms with Crippen molar-refractivity contribution in [2.45, 2.75) is 25.9 Å². The van der Waals surface area contributed by atoms with Gasteiger partial charge in [0, 0.05) is 12.3 Å². The maximum absolute atomic E-state index is 11.8. The molecule has 0 atom stereocenters. The van der Waals surface area contributed by atoms with Gasteiger partial charge in [0.2, 0.25) is 5.88 Å². The molecule has 0 radical (unpaired) electrons. The lowest BCUT2D eigenvalue weighted by atomic mass is 10.2. The van der Waals surface area contributed by atoms with E-state index in [9.17, 15) is 13.2 Å². The first-order valence-electron chi connectivity index (χ1n) is 4.66. The Bertz CT molecular complexity index is 295. The number of ether oxygens (including phenoxy) is 1. The molecule has 0 fully saturated rings. The van der Waals surface area contributed by atoms with Gasteiger partial charge in [-0.3, -0.25) is 0 Å². The van der Waals surface area contributed by atoms with Crippen molar-refractivity contribution in [2.24, 2.45) is 0 Å². The highest BCUT2D eigenvalue weighted by atomic mass is 19.4. The lowest BCUT2D eigenvalue weighted by Gasteiger charge is -2.07. The number of alkyl halides is 3. The van der Waals surface area contributed by atoms with Crippen LogP contribution in [-0.2, 0) is 6.42 Å². The first kappa shape index (κ1) is 11.8. The summed E-state index contributed by atoms with van der Waals surface area (Å²) in [7, 11) is 0. The second kappa shape index (κ2) is 5.00. The molecule has 0 N–H and O–H groups in total. The fraction of sp³-hybridized carbons (Fsp3) is 0.500. The van der Waals surface area contributed by atoms with Crippen molar-refractivity contribution in [2.75, 3.05) is 6.61 Å². The molecule has 1 aromatic rings. The highest BCUT2D eigenvalue weighted by Crippen LogP contribution is 2.19. The summed E-state index contributed by atoms with van der Waals surface area (Å²) in [4.78, 5) is 3.88. The predicted molar refractivity (Wildman–Crippen MR) is 49.8 cm³/mol. The third-order valence-corrected chi connectivity index (χ3v) is 1.84. The van der Waals surface area contributed by atoms with Crippen molar-refractivity contribution >= 4 is 0 Å². The fourth-order valence-corrected chi connectivity index (χ4v) is 0.977. The van der Waals surface area contributed by atoms with E-state index in [1.165, 1.54) is 0 Å². The summed E-state index contributed by atoms with van der Waals surface area (Å²) in [5, 5.41) is 0. The minimum atomic E-state index is -4.18. The van der Waals surface area contributed by atoms with Gasteiger partial charge < -0.3 is 4.74 Å². The molecule has 84 valence electrons. The molecule has 0 bridgehead atoms. The van der Waals surface area contributed by atoms with E-state index < -0.39 is 12.6 Å². The Hall–Kier alpha value is -1.26. The van der Waals surface area contributed by atoms with Gasteiger partial charge in [0.1, 0.15) is 0 Å². The first-order chi connectivity index (χ1) is 7.01. The third kappa shape index (κ3) is 4.67. The molecule has 0 aliphatic heterocycles. The van der Waals surface area contributed by atoms with Crippen LogP contribution >= 0.6 is 0 Å². The van der Waals surface area contributed by atoms with Crippen LogP contribution in [0.15, 0.2) is 18.3 Å². The molecular formula is C10H12F3NO. The summed E-state index contributed by atoms with van der Waals surface area (Å²) >= 11 is 0. The molecule has 1 aromatic heterocycles. The quantitative estimate of drug-likeness (QED) is 0.776. The molecule has 0 aromatic carbocycles. The van der Waals surface area contributed by atoms with E-state index in [0.717, 1.165) is 12.0 Å². The normalized spacial score (nSPS) is 11.5. The molecule has 0 aliphatic carbocycles. The molecule has 5 heteroatoms. The highest BCUT2D eigenvalue weighted by Gasteiger charge is 2.26. The number of rotatable bonds is 4. The van der Waals surface area contributed by atoms with Crippen molar-refractivity contribution < 1.29 is 17.9 Å². The van der Waals surface area contributed by atoms with Gasteiger partial charge in [0.15, 0.2) is 0 Å². The van der Waals surface area contributed by atoms with Crippen LogP contribution in [0.5, 0.6) is 5.88 Å². The zero-order valence-electron chi connectivity index (χ0n) is 8.34. The summed E-state index contributed by atoms with van der Waals surface area (Å²) in [6.07, 6.45) is -2.69. The Labute approximate surface area is 86.1 Å². The smallest absolute Gasteiger partial charge is 0.392 e. The largest absolute Gasteiger partial charge is 0.477 e. The molecule has 0 aliphatic rings. The van der Waals surface area contributed by atoms with E-state index in [1.807, 2.05) is 6.92 Å². The van der Waals surface area contributed by atoms with Gasteiger partial charge >= 0.3 is 6.18 Å². The summed E-state index contributed by atoms with van der Waals surface area (Å²) in [6.45, 7) is 1.59. The van der Waals surface area contributed by atoms with Gasteiger partial charge in [0.25, 0.3) is 0 Å². The molecule has 0 unspecified atom stereocenters. The standard InChI is InChI=1S/C10H12F3NO/c1-2-8-3-4-9(14-7-8)15-6-5-10(11,12)13/h3-4,7H,2,5-6H2,1H3. The molecule has 1 heterocycles. The van der Waals surface area contributed by atoms with Crippen molar-refractivity contribution in [3.63, 3.8) is 0 Å². The minimum absolute atomic E-state index is 0.233. The van der Waals surface area contributed by atoms with Crippen molar-refractivity contribution in [1.29, 1.82) is 0 Å². The molecule has 0 amide bonds. The zero-order valence-corrected chi connectivity index (χ0v) is 8.34. The van der Waals surface area contributed by atoms with Gasteiger partial charge in [-0.25, -0.2) is 4.98 Å². The SMILES string of the molecule is CCc1ccc(OCCC(F)(F)F)nc1.